The molecule has 2 N–H and O–H groups in total. The normalized spacial score (nSPS) is 16.9. The molecule has 0 saturated carbocycles. The summed E-state index contributed by atoms with van der Waals surface area (Å²) in [5.74, 6) is -4.48. The molecule has 0 radical (unpaired) electrons. The van der Waals surface area contributed by atoms with E-state index in [2.05, 4.69) is 20.3 Å². The van der Waals surface area contributed by atoms with Crippen molar-refractivity contribution in [3.63, 3.8) is 0 Å². The molecule has 0 aliphatic carbocycles. The fraction of sp³-hybridized carbons (Fsp3) is 0.387. The lowest BCUT2D eigenvalue weighted by Crippen LogP contribution is -2.50. The molecule has 1 aliphatic heterocycles. The molecule has 2 aromatic heterocycles. The van der Waals surface area contributed by atoms with Crippen molar-refractivity contribution in [1.29, 1.82) is 0 Å². The lowest BCUT2D eigenvalue weighted by molar-refractivity contribution is -0.129. The van der Waals surface area contributed by atoms with Crippen LogP contribution in [-0.2, 0) is 21.4 Å². The van der Waals surface area contributed by atoms with Gasteiger partial charge in [-0.2, -0.15) is 18.2 Å². The molecule has 4 aromatic rings. The van der Waals surface area contributed by atoms with E-state index in [-0.39, 0.29) is 43.2 Å². The highest BCUT2D eigenvalue weighted by Gasteiger charge is 2.33. The number of rotatable bonds is 10. The molecule has 50 heavy (non-hydrogen) atoms. The van der Waals surface area contributed by atoms with Gasteiger partial charge in [-0.05, 0) is 31.5 Å². The first kappa shape index (κ1) is 36.3. The van der Waals surface area contributed by atoms with E-state index in [0.29, 0.717) is 12.1 Å². The van der Waals surface area contributed by atoms with Crippen LogP contribution in [0.25, 0.3) is 22.4 Å². The standard InChI is InChI=1S/C31H31F6N7O5S/c1-17(2)44-27-24(40-25(28(44)45)19-10-22(33)26(23(34)11-19)42-50(47,48)9-8-31(35,36)37)13-38-29(41-27)39-21-12-20(32)14-43(15-21)30(46)49-16-18-6-4-3-5-7-18/h3-7,10-11,13,17,20-21,42H,8-9,12,14-16H2,1-2H3,(H,38,39,41)/t20-,21-/m0/s1. The third-order valence-corrected chi connectivity index (χ3v) is 8.83. The first-order chi connectivity index (χ1) is 23.5. The first-order valence-electron chi connectivity index (χ1n) is 15.2. The zero-order valence-corrected chi connectivity index (χ0v) is 27.4. The predicted octanol–water partition coefficient (Wildman–Crippen LogP) is 5.57. The zero-order valence-electron chi connectivity index (χ0n) is 26.5. The molecule has 19 heteroatoms. The molecular weight excluding hydrogens is 696 g/mol. The number of carbonyl (C=O) groups excluding carboxylic acids is 1. The molecule has 2 aromatic carbocycles. The third kappa shape index (κ3) is 8.80. The van der Waals surface area contributed by atoms with E-state index < -0.39 is 86.9 Å². The van der Waals surface area contributed by atoms with Crippen molar-refractivity contribution < 1.29 is 44.3 Å². The average molecular weight is 728 g/mol. The number of fused-ring (bicyclic) bond motifs is 1. The topological polar surface area (TPSA) is 148 Å². The van der Waals surface area contributed by atoms with Crippen LogP contribution in [0.15, 0.2) is 53.5 Å². The van der Waals surface area contributed by atoms with E-state index in [4.69, 9.17) is 4.74 Å². The van der Waals surface area contributed by atoms with E-state index in [0.717, 1.165) is 5.56 Å². The zero-order chi connectivity index (χ0) is 36.4. The summed E-state index contributed by atoms with van der Waals surface area (Å²) in [5, 5.41) is 2.98. The number of carbonyl (C=O) groups is 1. The number of amides is 1. The van der Waals surface area contributed by atoms with E-state index >= 15 is 0 Å². The largest absolute Gasteiger partial charge is 0.445 e. The van der Waals surface area contributed by atoms with Crippen molar-refractivity contribution in [2.75, 3.05) is 28.9 Å². The van der Waals surface area contributed by atoms with E-state index in [1.807, 2.05) is 6.07 Å². The summed E-state index contributed by atoms with van der Waals surface area (Å²) in [5.41, 5.74) is -2.08. The summed E-state index contributed by atoms with van der Waals surface area (Å²) < 4.78 is 114. The van der Waals surface area contributed by atoms with Crippen molar-refractivity contribution in [3.8, 4) is 11.3 Å². The molecule has 3 heterocycles. The number of benzene rings is 2. The molecule has 268 valence electrons. The smallest absolute Gasteiger partial charge is 0.410 e. The summed E-state index contributed by atoms with van der Waals surface area (Å²) in [6.45, 7) is 3.17. The van der Waals surface area contributed by atoms with Gasteiger partial charge in [-0.1, -0.05) is 30.3 Å². The average Bonchev–Trinajstić information content (AvgIpc) is 3.04. The second-order valence-corrected chi connectivity index (χ2v) is 13.7. The molecule has 0 unspecified atom stereocenters. The van der Waals surface area contributed by atoms with Crippen LogP contribution < -0.4 is 15.6 Å². The van der Waals surface area contributed by atoms with E-state index in [1.54, 1.807) is 38.1 Å². The molecule has 2 atom stereocenters. The van der Waals surface area contributed by atoms with Gasteiger partial charge in [-0.25, -0.2) is 36.4 Å². The number of nitrogens with zero attached hydrogens (tertiary/aromatic N) is 5. The van der Waals surface area contributed by atoms with Crippen molar-refractivity contribution >= 4 is 38.9 Å². The Morgan fingerprint density at radius 3 is 2.40 bits per heavy atom. The second-order valence-electron chi connectivity index (χ2n) is 11.9. The van der Waals surface area contributed by atoms with Crippen LogP contribution in [0.2, 0.25) is 0 Å². The minimum Gasteiger partial charge on any atom is -0.445 e. The van der Waals surface area contributed by atoms with Crippen LogP contribution in [-0.4, -0.2) is 76.2 Å². The predicted molar refractivity (Wildman–Crippen MR) is 171 cm³/mol. The summed E-state index contributed by atoms with van der Waals surface area (Å²) in [6.07, 6.45) is -7.40. The number of hydrogen-bond acceptors (Lipinski definition) is 9. The van der Waals surface area contributed by atoms with E-state index in [1.165, 1.54) is 20.4 Å². The number of ether oxygens (including phenoxy) is 1. The van der Waals surface area contributed by atoms with Gasteiger partial charge in [-0.15, -0.1) is 0 Å². The van der Waals surface area contributed by atoms with Crippen LogP contribution in [0.1, 0.15) is 38.3 Å². The van der Waals surface area contributed by atoms with Gasteiger partial charge in [0.05, 0.1) is 24.9 Å². The van der Waals surface area contributed by atoms with Crippen LogP contribution in [0.3, 0.4) is 0 Å². The molecule has 0 bridgehead atoms. The van der Waals surface area contributed by atoms with Crippen molar-refractivity contribution in [3.05, 3.63) is 76.2 Å². The Hall–Kier alpha value is -4.94. The Balaban J connectivity index is 1.38. The van der Waals surface area contributed by atoms with Gasteiger partial charge in [0.1, 0.15) is 29.7 Å². The maximum absolute atomic E-state index is 15.0. The lowest BCUT2D eigenvalue weighted by atomic mass is 10.0. The molecular formula is C31H31F6N7O5S. The molecule has 1 aliphatic rings. The number of halogens is 6. The molecule has 1 saturated heterocycles. The van der Waals surface area contributed by atoms with Gasteiger partial charge in [0, 0.05) is 30.6 Å². The highest BCUT2D eigenvalue weighted by atomic mass is 32.2. The van der Waals surface area contributed by atoms with Gasteiger partial charge in [0.25, 0.3) is 5.56 Å². The van der Waals surface area contributed by atoms with Crippen molar-refractivity contribution in [2.24, 2.45) is 0 Å². The van der Waals surface area contributed by atoms with Gasteiger partial charge >= 0.3 is 12.3 Å². The number of hydrogen-bond donors (Lipinski definition) is 2. The summed E-state index contributed by atoms with van der Waals surface area (Å²) in [4.78, 5) is 40.3. The van der Waals surface area contributed by atoms with E-state index in [9.17, 15) is 44.3 Å². The minimum atomic E-state index is -4.82. The summed E-state index contributed by atoms with van der Waals surface area (Å²) in [6, 6.07) is 9.00. The number of anilines is 2. The van der Waals surface area contributed by atoms with Crippen LogP contribution in [0.5, 0.6) is 0 Å². The number of piperidine rings is 1. The van der Waals surface area contributed by atoms with Gasteiger partial charge < -0.3 is 15.0 Å². The molecule has 12 nitrogen and oxygen atoms in total. The second kappa shape index (κ2) is 14.5. The fourth-order valence-electron chi connectivity index (χ4n) is 5.29. The summed E-state index contributed by atoms with van der Waals surface area (Å²) in [7, 11) is -4.78. The Labute approximate surface area is 281 Å². The van der Waals surface area contributed by atoms with Crippen LogP contribution >= 0.6 is 0 Å². The van der Waals surface area contributed by atoms with Crippen molar-refractivity contribution in [2.45, 2.75) is 57.7 Å². The van der Waals surface area contributed by atoms with Crippen LogP contribution in [0.4, 0.5) is 42.8 Å². The van der Waals surface area contributed by atoms with Crippen molar-refractivity contribution in [1.82, 2.24) is 24.4 Å². The minimum absolute atomic E-state index is 0.00825. The fourth-order valence-corrected chi connectivity index (χ4v) is 6.39. The molecule has 5 rings (SSSR count). The Morgan fingerprint density at radius 2 is 1.76 bits per heavy atom. The number of alkyl halides is 4. The Morgan fingerprint density at radius 1 is 1.08 bits per heavy atom. The van der Waals surface area contributed by atoms with Crippen LogP contribution in [0, 0.1) is 11.6 Å². The summed E-state index contributed by atoms with van der Waals surface area (Å²) >= 11 is 0. The SMILES string of the molecule is CC(C)n1c(=O)c(-c2cc(F)c(NS(=O)(=O)CCC(F)(F)F)c(F)c2)nc2cnc(N[C@H]3C[C@H](F)CN(C(=O)OCc4ccccc4)C3)nc21. The monoisotopic (exact) mass is 727 g/mol. The first-order valence-corrected chi connectivity index (χ1v) is 16.9. The highest BCUT2D eigenvalue weighted by molar-refractivity contribution is 7.92. The molecule has 0 spiro atoms. The maximum Gasteiger partial charge on any atom is 0.410 e. The Kier molecular flexibility index (Phi) is 10.5. The molecule has 1 fully saturated rings. The van der Waals surface area contributed by atoms with Gasteiger partial charge in [-0.3, -0.25) is 14.1 Å². The molecule has 1 amide bonds. The number of sulfonamides is 1. The highest BCUT2D eigenvalue weighted by Crippen LogP contribution is 2.29. The van der Waals surface area contributed by atoms with Gasteiger partial charge in [0.15, 0.2) is 17.3 Å². The third-order valence-electron chi connectivity index (χ3n) is 7.57. The maximum atomic E-state index is 15.0. The number of likely N-dealkylation sites (tertiary alicyclic amines) is 1. The number of aromatic nitrogens is 4. The van der Waals surface area contributed by atoms with Gasteiger partial charge in [0.2, 0.25) is 16.0 Å². The quantitative estimate of drug-likeness (QED) is 0.200. The Bertz CT molecular complexity index is 2020. The lowest BCUT2D eigenvalue weighted by Gasteiger charge is -2.34. The number of nitrogens with one attached hydrogen (secondary N) is 2.